The molecule has 0 bridgehead atoms. The molecule has 0 spiro atoms. The Balaban J connectivity index is 1.30. The quantitative estimate of drug-likeness (QED) is 0.144. The third kappa shape index (κ3) is 7.70. The Morgan fingerprint density at radius 3 is 2.00 bits per heavy atom. The van der Waals surface area contributed by atoms with E-state index in [4.69, 9.17) is 0 Å². The second kappa shape index (κ2) is 12.5. The molecule has 2 atom stereocenters. The molecule has 0 aliphatic heterocycles. The van der Waals surface area contributed by atoms with Crippen LogP contribution in [0.3, 0.4) is 0 Å². The number of hydrogen-bond acceptors (Lipinski definition) is 2. The second-order valence-electron chi connectivity index (χ2n) is 11.9. The van der Waals surface area contributed by atoms with Gasteiger partial charge in [0.2, 0.25) is 6.33 Å². The fourth-order valence-electron chi connectivity index (χ4n) is 5.15. The summed E-state index contributed by atoms with van der Waals surface area (Å²) in [6, 6.07) is 24.5. The van der Waals surface area contributed by atoms with Crippen LogP contribution in [0.25, 0.3) is 0 Å². The Hall–Kier alpha value is -3.22. The van der Waals surface area contributed by atoms with Crippen LogP contribution in [-0.4, -0.2) is 17.5 Å². The third-order valence-corrected chi connectivity index (χ3v) is 9.19. The number of hydrogen-bond donors (Lipinski definition) is 1. The molecule has 0 radical (unpaired) electrons. The third-order valence-electron chi connectivity index (χ3n) is 8.32. The Bertz CT molecular complexity index is 1490. The van der Waals surface area contributed by atoms with E-state index in [0.29, 0.717) is 11.8 Å². The number of imidazole rings is 1. The number of rotatable bonds is 12. The lowest BCUT2D eigenvalue weighted by molar-refractivity contribution is -0.687. The first-order chi connectivity index (χ1) is 18.9. The van der Waals surface area contributed by atoms with E-state index in [1.54, 1.807) is 12.1 Å². The van der Waals surface area contributed by atoms with Crippen molar-refractivity contribution >= 4 is 10.1 Å². The van der Waals surface area contributed by atoms with Crippen molar-refractivity contribution in [3.63, 3.8) is 0 Å². The van der Waals surface area contributed by atoms with E-state index in [0.717, 1.165) is 37.9 Å². The van der Waals surface area contributed by atoms with E-state index in [1.807, 2.05) is 0 Å². The van der Waals surface area contributed by atoms with Crippen LogP contribution in [0.2, 0.25) is 0 Å². The van der Waals surface area contributed by atoms with Crippen molar-refractivity contribution in [3.8, 4) is 0 Å². The van der Waals surface area contributed by atoms with E-state index in [-0.39, 0.29) is 10.3 Å². The molecule has 2 unspecified atom stereocenters. The first kappa shape index (κ1) is 29.8. The summed E-state index contributed by atoms with van der Waals surface area (Å²) in [5, 5.41) is 0. The molecule has 5 nitrogen and oxygen atoms in total. The van der Waals surface area contributed by atoms with Gasteiger partial charge < -0.3 is 0 Å². The number of benzene rings is 3. The maximum Gasteiger partial charge on any atom is 0.294 e. The summed E-state index contributed by atoms with van der Waals surface area (Å²) >= 11 is 0. The van der Waals surface area contributed by atoms with Gasteiger partial charge >= 0.3 is 0 Å². The van der Waals surface area contributed by atoms with Gasteiger partial charge in [-0.2, -0.15) is 8.42 Å². The predicted octanol–water partition coefficient (Wildman–Crippen LogP) is 7.49. The van der Waals surface area contributed by atoms with Crippen molar-refractivity contribution in [2.45, 2.75) is 89.1 Å². The molecule has 40 heavy (non-hydrogen) atoms. The standard InChI is InChI=1S/C34H42N2O3S/c1-6-26(2)30-11-7-28(8-12-30)23-35-21-22-36(25-35)24-29-9-13-31(14-10-29)27(3)19-20-34(4,5)32-15-17-33(18-16-32)40(37,38)39/h7-18,21-22,25-27H,6,19-20,23-24H2,1-5H3/p+1. The molecule has 4 rings (SSSR count). The summed E-state index contributed by atoms with van der Waals surface area (Å²) < 4.78 is 36.4. The minimum absolute atomic E-state index is 0.0676. The smallest absolute Gasteiger partial charge is 0.282 e. The molecule has 6 heteroatoms. The van der Waals surface area contributed by atoms with E-state index < -0.39 is 10.1 Å². The zero-order valence-electron chi connectivity index (χ0n) is 24.4. The second-order valence-corrected chi connectivity index (χ2v) is 13.3. The SMILES string of the molecule is CCC(C)c1ccc(Cn2cc[n+](Cc3ccc(C(C)CCC(C)(C)c4ccc(S(=O)(=O)O)cc4)cc3)c2)cc1. The first-order valence-electron chi connectivity index (χ1n) is 14.2. The fraction of sp³-hybridized carbons (Fsp3) is 0.382. The van der Waals surface area contributed by atoms with Crippen molar-refractivity contribution in [2.24, 2.45) is 0 Å². The van der Waals surface area contributed by atoms with Crippen LogP contribution >= 0.6 is 0 Å². The molecule has 0 aliphatic rings. The summed E-state index contributed by atoms with van der Waals surface area (Å²) in [5.41, 5.74) is 6.27. The zero-order valence-corrected chi connectivity index (χ0v) is 25.2. The van der Waals surface area contributed by atoms with Crippen LogP contribution < -0.4 is 4.57 Å². The van der Waals surface area contributed by atoms with Crippen LogP contribution in [0.1, 0.15) is 93.5 Å². The van der Waals surface area contributed by atoms with Gasteiger partial charge in [0.15, 0.2) is 0 Å². The predicted molar refractivity (Wildman–Crippen MR) is 161 cm³/mol. The lowest BCUT2D eigenvalue weighted by Crippen LogP contribution is -2.31. The van der Waals surface area contributed by atoms with Crippen LogP contribution in [0.15, 0.2) is 96.4 Å². The lowest BCUT2D eigenvalue weighted by atomic mass is 9.78. The van der Waals surface area contributed by atoms with E-state index in [2.05, 4.69) is 111 Å². The molecular formula is C34H43N2O3S+. The zero-order chi connectivity index (χ0) is 28.9. The van der Waals surface area contributed by atoms with Gasteiger partial charge in [-0.25, -0.2) is 9.13 Å². The fourth-order valence-corrected chi connectivity index (χ4v) is 5.63. The van der Waals surface area contributed by atoms with Crippen LogP contribution in [0.5, 0.6) is 0 Å². The summed E-state index contributed by atoms with van der Waals surface area (Å²) in [7, 11) is -4.17. The number of aromatic nitrogens is 2. The number of nitrogens with zero attached hydrogens (tertiary/aromatic N) is 2. The molecule has 0 saturated carbocycles. The van der Waals surface area contributed by atoms with Crippen LogP contribution in [0, 0.1) is 0 Å². The molecule has 1 heterocycles. The molecule has 4 aromatic rings. The molecule has 0 aliphatic carbocycles. The first-order valence-corrected chi connectivity index (χ1v) is 15.7. The van der Waals surface area contributed by atoms with Gasteiger partial charge in [-0.15, -0.1) is 0 Å². The largest absolute Gasteiger partial charge is 0.294 e. The van der Waals surface area contributed by atoms with Crippen molar-refractivity contribution in [3.05, 3.63) is 119 Å². The molecule has 0 saturated heterocycles. The van der Waals surface area contributed by atoms with Gasteiger partial charge in [-0.3, -0.25) is 4.55 Å². The minimum atomic E-state index is -4.17. The summed E-state index contributed by atoms with van der Waals surface area (Å²) in [6.07, 6.45) is 9.58. The summed E-state index contributed by atoms with van der Waals surface area (Å²) in [4.78, 5) is -0.0676. The average Bonchev–Trinajstić information content (AvgIpc) is 3.38. The van der Waals surface area contributed by atoms with Gasteiger partial charge in [0.25, 0.3) is 10.1 Å². The lowest BCUT2D eigenvalue weighted by Gasteiger charge is -2.27. The molecule has 0 fully saturated rings. The Morgan fingerprint density at radius 2 is 1.43 bits per heavy atom. The average molecular weight is 560 g/mol. The molecule has 3 aromatic carbocycles. The molecular weight excluding hydrogens is 516 g/mol. The molecule has 0 amide bonds. The van der Waals surface area contributed by atoms with Gasteiger partial charge in [0.05, 0.1) is 4.90 Å². The maximum atomic E-state index is 11.3. The topological polar surface area (TPSA) is 63.2 Å². The Labute approximate surface area is 240 Å². The normalized spacial score (nSPS) is 13.8. The highest BCUT2D eigenvalue weighted by atomic mass is 32.2. The molecule has 212 valence electrons. The van der Waals surface area contributed by atoms with Crippen LogP contribution in [0.4, 0.5) is 0 Å². The van der Waals surface area contributed by atoms with E-state index in [1.165, 1.54) is 34.4 Å². The van der Waals surface area contributed by atoms with E-state index in [9.17, 15) is 13.0 Å². The van der Waals surface area contributed by atoms with Crippen LogP contribution in [-0.2, 0) is 28.6 Å². The highest BCUT2D eigenvalue weighted by Gasteiger charge is 2.23. The molecule has 1 aromatic heterocycles. The highest BCUT2D eigenvalue weighted by molar-refractivity contribution is 7.85. The highest BCUT2D eigenvalue weighted by Crippen LogP contribution is 2.33. The van der Waals surface area contributed by atoms with Gasteiger partial charge in [0, 0.05) is 0 Å². The van der Waals surface area contributed by atoms with Crippen molar-refractivity contribution in [1.82, 2.24) is 4.57 Å². The Kier molecular flexibility index (Phi) is 9.32. The maximum absolute atomic E-state index is 11.3. The van der Waals surface area contributed by atoms with E-state index >= 15 is 0 Å². The van der Waals surface area contributed by atoms with Gasteiger partial charge in [-0.1, -0.05) is 95.3 Å². The van der Waals surface area contributed by atoms with Gasteiger partial charge in [0.1, 0.15) is 25.5 Å². The summed E-state index contributed by atoms with van der Waals surface area (Å²) in [6.45, 7) is 12.8. The Morgan fingerprint density at radius 1 is 0.850 bits per heavy atom. The van der Waals surface area contributed by atoms with Crippen molar-refractivity contribution < 1.29 is 17.5 Å². The minimum Gasteiger partial charge on any atom is -0.282 e. The summed E-state index contributed by atoms with van der Waals surface area (Å²) in [5.74, 6) is 1.01. The monoisotopic (exact) mass is 559 g/mol. The van der Waals surface area contributed by atoms with Crippen molar-refractivity contribution in [2.75, 3.05) is 0 Å². The van der Waals surface area contributed by atoms with Crippen molar-refractivity contribution in [1.29, 1.82) is 0 Å². The van der Waals surface area contributed by atoms with Gasteiger partial charge in [-0.05, 0) is 76.5 Å². The molecule has 1 N–H and O–H groups in total.